The molecule has 0 bridgehead atoms. The second-order valence-electron chi connectivity index (χ2n) is 4.03. The third-order valence-corrected chi connectivity index (χ3v) is 4.74. The summed E-state index contributed by atoms with van der Waals surface area (Å²) in [6, 6.07) is 11.3. The van der Waals surface area contributed by atoms with Gasteiger partial charge in [-0.1, -0.05) is 33.6 Å². The summed E-state index contributed by atoms with van der Waals surface area (Å²) in [4.78, 5) is 0. The van der Waals surface area contributed by atoms with Crippen molar-refractivity contribution in [2.45, 2.75) is 6.04 Å². The SMILES string of the molecule is COc1ccc(C(N)c2cc(Cl)ccc2I)c(Br)c1. The largest absolute Gasteiger partial charge is 0.497 e. The van der Waals surface area contributed by atoms with Crippen LogP contribution in [0.3, 0.4) is 0 Å². The molecule has 0 aromatic heterocycles. The van der Waals surface area contributed by atoms with Gasteiger partial charge < -0.3 is 10.5 Å². The van der Waals surface area contributed by atoms with E-state index in [1.165, 1.54) is 0 Å². The lowest BCUT2D eigenvalue weighted by molar-refractivity contribution is 0.414. The quantitative estimate of drug-likeness (QED) is 0.682. The standard InChI is InChI=1S/C14H12BrClINO/c1-19-9-3-4-10(12(15)7-9)14(18)11-6-8(16)2-5-13(11)17/h2-7,14H,18H2,1H3. The molecule has 0 fully saturated rings. The second-order valence-corrected chi connectivity index (χ2v) is 6.48. The molecule has 2 aromatic rings. The molecule has 2 nitrogen and oxygen atoms in total. The van der Waals surface area contributed by atoms with E-state index in [1.807, 2.05) is 36.4 Å². The Morgan fingerprint density at radius 3 is 2.58 bits per heavy atom. The van der Waals surface area contributed by atoms with Crippen LogP contribution in [-0.4, -0.2) is 7.11 Å². The Hall–Kier alpha value is -0.300. The van der Waals surface area contributed by atoms with Gasteiger partial charge in [0.1, 0.15) is 5.75 Å². The van der Waals surface area contributed by atoms with E-state index in [0.717, 1.165) is 24.9 Å². The average molecular weight is 453 g/mol. The van der Waals surface area contributed by atoms with Crippen molar-refractivity contribution in [1.29, 1.82) is 0 Å². The van der Waals surface area contributed by atoms with E-state index in [4.69, 9.17) is 22.1 Å². The van der Waals surface area contributed by atoms with Gasteiger partial charge in [-0.25, -0.2) is 0 Å². The second kappa shape index (κ2) is 6.43. The highest BCUT2D eigenvalue weighted by Gasteiger charge is 2.16. The molecule has 0 heterocycles. The molecule has 0 saturated carbocycles. The van der Waals surface area contributed by atoms with E-state index in [0.29, 0.717) is 5.02 Å². The summed E-state index contributed by atoms with van der Waals surface area (Å²) < 4.78 is 7.21. The molecule has 1 unspecified atom stereocenters. The van der Waals surface area contributed by atoms with Crippen molar-refractivity contribution >= 4 is 50.1 Å². The highest BCUT2D eigenvalue weighted by Crippen LogP contribution is 2.32. The molecule has 2 aromatic carbocycles. The van der Waals surface area contributed by atoms with E-state index < -0.39 is 0 Å². The number of benzene rings is 2. The Morgan fingerprint density at radius 2 is 1.95 bits per heavy atom. The lowest BCUT2D eigenvalue weighted by Gasteiger charge is -2.17. The minimum absolute atomic E-state index is 0.231. The van der Waals surface area contributed by atoms with Gasteiger partial charge in [-0.3, -0.25) is 0 Å². The first-order valence-corrected chi connectivity index (χ1v) is 7.82. The van der Waals surface area contributed by atoms with Crippen molar-refractivity contribution in [3.8, 4) is 5.75 Å². The van der Waals surface area contributed by atoms with Crippen molar-refractivity contribution in [3.05, 3.63) is 60.6 Å². The van der Waals surface area contributed by atoms with Gasteiger partial charge in [0.25, 0.3) is 0 Å². The summed E-state index contributed by atoms with van der Waals surface area (Å²) >= 11 is 11.8. The summed E-state index contributed by atoms with van der Waals surface area (Å²) in [5, 5.41) is 0.690. The van der Waals surface area contributed by atoms with E-state index in [1.54, 1.807) is 7.11 Å². The molecule has 0 radical (unpaired) electrons. The first-order valence-electron chi connectivity index (χ1n) is 5.57. The molecule has 0 aliphatic heterocycles. The van der Waals surface area contributed by atoms with E-state index >= 15 is 0 Å². The van der Waals surface area contributed by atoms with Gasteiger partial charge in [-0.05, 0) is 64.0 Å². The lowest BCUT2D eigenvalue weighted by Crippen LogP contribution is -2.14. The van der Waals surface area contributed by atoms with Crippen LogP contribution in [0.25, 0.3) is 0 Å². The molecule has 0 aliphatic carbocycles. The highest BCUT2D eigenvalue weighted by atomic mass is 127. The van der Waals surface area contributed by atoms with E-state index in [-0.39, 0.29) is 6.04 Å². The average Bonchev–Trinajstić information content (AvgIpc) is 2.40. The van der Waals surface area contributed by atoms with Crippen molar-refractivity contribution in [2.75, 3.05) is 7.11 Å². The number of hydrogen-bond acceptors (Lipinski definition) is 2. The Labute approximate surface area is 139 Å². The molecular weight excluding hydrogens is 440 g/mol. The Bertz CT molecular complexity index is 606. The monoisotopic (exact) mass is 451 g/mol. The molecule has 1 atom stereocenters. The van der Waals surface area contributed by atoms with Crippen molar-refractivity contribution in [2.24, 2.45) is 5.73 Å². The van der Waals surface area contributed by atoms with Gasteiger partial charge in [0, 0.05) is 13.1 Å². The zero-order chi connectivity index (χ0) is 14.0. The van der Waals surface area contributed by atoms with E-state index in [9.17, 15) is 0 Å². The predicted molar refractivity (Wildman–Crippen MR) is 90.9 cm³/mol. The number of nitrogens with two attached hydrogens (primary N) is 1. The lowest BCUT2D eigenvalue weighted by atomic mass is 9.99. The zero-order valence-electron chi connectivity index (χ0n) is 10.2. The van der Waals surface area contributed by atoms with Crippen LogP contribution in [0.2, 0.25) is 5.02 Å². The molecule has 2 N–H and O–H groups in total. The van der Waals surface area contributed by atoms with Gasteiger partial charge in [0.05, 0.1) is 13.2 Å². The van der Waals surface area contributed by atoms with Crippen molar-refractivity contribution < 1.29 is 4.74 Å². The van der Waals surface area contributed by atoms with Gasteiger partial charge >= 0.3 is 0 Å². The molecule has 100 valence electrons. The number of ether oxygens (including phenoxy) is 1. The van der Waals surface area contributed by atoms with Crippen LogP contribution in [0.15, 0.2) is 40.9 Å². The summed E-state index contributed by atoms with van der Waals surface area (Å²) in [6.07, 6.45) is 0. The van der Waals surface area contributed by atoms with Gasteiger partial charge in [-0.2, -0.15) is 0 Å². The zero-order valence-corrected chi connectivity index (χ0v) is 14.7. The first-order chi connectivity index (χ1) is 9.02. The summed E-state index contributed by atoms with van der Waals surface area (Å²) in [6.45, 7) is 0. The molecule has 0 amide bonds. The Morgan fingerprint density at radius 1 is 1.21 bits per heavy atom. The number of halogens is 3. The first kappa shape index (κ1) is 15.1. The van der Waals surface area contributed by atoms with Gasteiger partial charge in [0.2, 0.25) is 0 Å². The molecule has 2 rings (SSSR count). The van der Waals surface area contributed by atoms with Crippen LogP contribution in [0.5, 0.6) is 5.75 Å². The van der Waals surface area contributed by atoms with Crippen LogP contribution in [-0.2, 0) is 0 Å². The van der Waals surface area contributed by atoms with Crippen LogP contribution in [0, 0.1) is 3.57 Å². The molecule has 0 saturated heterocycles. The molecule has 0 spiro atoms. The smallest absolute Gasteiger partial charge is 0.120 e. The normalized spacial score (nSPS) is 12.3. The van der Waals surface area contributed by atoms with E-state index in [2.05, 4.69) is 38.5 Å². The van der Waals surface area contributed by atoms with Crippen molar-refractivity contribution in [1.82, 2.24) is 0 Å². The third-order valence-electron chi connectivity index (χ3n) is 2.84. The fourth-order valence-corrected chi connectivity index (χ4v) is 3.26. The maximum absolute atomic E-state index is 6.34. The molecular formula is C14H12BrClINO. The maximum atomic E-state index is 6.34. The summed E-state index contributed by atoms with van der Waals surface area (Å²) in [5.74, 6) is 0.795. The Balaban J connectivity index is 2.43. The molecule has 0 aliphatic rings. The molecule has 19 heavy (non-hydrogen) atoms. The van der Waals surface area contributed by atoms with Crippen LogP contribution >= 0.6 is 50.1 Å². The topological polar surface area (TPSA) is 35.2 Å². The fourth-order valence-electron chi connectivity index (χ4n) is 1.81. The van der Waals surface area contributed by atoms with Gasteiger partial charge in [0.15, 0.2) is 0 Å². The predicted octanol–water partition coefficient (Wildman–Crippen LogP) is 4.76. The maximum Gasteiger partial charge on any atom is 0.120 e. The fraction of sp³-hybridized carbons (Fsp3) is 0.143. The highest BCUT2D eigenvalue weighted by molar-refractivity contribution is 14.1. The minimum atomic E-state index is -0.231. The van der Waals surface area contributed by atoms with Gasteiger partial charge in [-0.15, -0.1) is 0 Å². The van der Waals surface area contributed by atoms with Crippen LogP contribution in [0.4, 0.5) is 0 Å². The number of methoxy groups -OCH3 is 1. The number of hydrogen-bond donors (Lipinski definition) is 1. The third kappa shape index (κ3) is 3.42. The van der Waals surface area contributed by atoms with Crippen LogP contribution < -0.4 is 10.5 Å². The van der Waals surface area contributed by atoms with Crippen LogP contribution in [0.1, 0.15) is 17.2 Å². The summed E-state index contributed by atoms with van der Waals surface area (Å²) in [5.41, 5.74) is 8.36. The Kier molecular flexibility index (Phi) is 5.11. The summed E-state index contributed by atoms with van der Waals surface area (Å²) in [7, 11) is 1.64. The van der Waals surface area contributed by atoms with Crippen molar-refractivity contribution in [3.63, 3.8) is 0 Å². The number of rotatable bonds is 3. The molecule has 5 heteroatoms. The minimum Gasteiger partial charge on any atom is -0.497 e.